The van der Waals surface area contributed by atoms with E-state index in [4.69, 9.17) is 4.42 Å². The first-order chi connectivity index (χ1) is 23.0. The summed E-state index contributed by atoms with van der Waals surface area (Å²) in [4.78, 5) is 11.6. The first-order valence-electron chi connectivity index (χ1n) is 16.7. The Balaban J connectivity index is 0.000000172. The van der Waals surface area contributed by atoms with Crippen molar-refractivity contribution in [3.63, 3.8) is 0 Å². The van der Waals surface area contributed by atoms with Gasteiger partial charge < -0.3 is 8.98 Å². The Hall–Kier alpha value is -5.41. The minimum atomic E-state index is -0.274. The van der Waals surface area contributed by atoms with Gasteiger partial charge in [0.05, 0.1) is 16.4 Å². The summed E-state index contributed by atoms with van der Waals surface area (Å²) in [6, 6.07) is 48.2. The van der Waals surface area contributed by atoms with E-state index in [0.717, 1.165) is 10.8 Å². The summed E-state index contributed by atoms with van der Waals surface area (Å²) in [7, 11) is 0. The highest BCUT2D eigenvalue weighted by Crippen LogP contribution is 2.50. The van der Waals surface area contributed by atoms with Gasteiger partial charge in [-0.2, -0.15) is 0 Å². The summed E-state index contributed by atoms with van der Waals surface area (Å²) in [5.74, 6) is 0. The number of fused-ring (bicyclic) bond motifs is 9. The molecule has 6 aromatic carbocycles. The molecule has 0 atom stereocenters. The summed E-state index contributed by atoms with van der Waals surface area (Å²) in [6.45, 7) is 12.7. The highest BCUT2D eigenvalue weighted by atomic mass is 16.4. The number of hydrogen-bond acceptors (Lipinski definition) is 2. The second-order valence-corrected chi connectivity index (χ2v) is 11.7. The Morgan fingerprint density at radius 2 is 1.06 bits per heavy atom. The van der Waals surface area contributed by atoms with Gasteiger partial charge in [-0.15, -0.1) is 0 Å². The molecule has 0 fully saturated rings. The maximum atomic E-state index is 11.6. The molecule has 1 aliphatic rings. The van der Waals surface area contributed by atoms with Crippen LogP contribution in [0.2, 0.25) is 0 Å². The molecule has 9 rings (SSSR count). The number of benzene rings is 6. The van der Waals surface area contributed by atoms with Crippen molar-refractivity contribution < 1.29 is 4.42 Å². The van der Waals surface area contributed by atoms with Crippen LogP contribution in [0.5, 0.6) is 0 Å². The first kappa shape index (κ1) is 31.6. The molecule has 0 saturated heterocycles. The molecule has 0 spiro atoms. The van der Waals surface area contributed by atoms with Crippen molar-refractivity contribution in [3.05, 3.63) is 161 Å². The minimum Gasteiger partial charge on any atom is -0.422 e. The largest absolute Gasteiger partial charge is 0.422 e. The lowest BCUT2D eigenvalue weighted by Crippen LogP contribution is -2.14. The first-order valence-corrected chi connectivity index (χ1v) is 16.7. The van der Waals surface area contributed by atoms with E-state index in [0.29, 0.717) is 11.0 Å². The molecule has 0 unspecified atom stereocenters. The van der Waals surface area contributed by atoms with Crippen LogP contribution in [0.4, 0.5) is 0 Å². The van der Waals surface area contributed by atoms with Gasteiger partial charge in [-0.3, -0.25) is 0 Å². The van der Waals surface area contributed by atoms with Crippen LogP contribution in [-0.4, -0.2) is 4.57 Å². The van der Waals surface area contributed by atoms with Crippen LogP contribution >= 0.6 is 0 Å². The highest BCUT2D eigenvalue weighted by molar-refractivity contribution is 6.11. The van der Waals surface area contributed by atoms with Crippen molar-refractivity contribution >= 4 is 43.5 Å². The number of rotatable bonds is 1. The molecule has 3 nitrogen and oxygen atoms in total. The minimum absolute atomic E-state index is 0.0120. The molecule has 0 aliphatic heterocycles. The van der Waals surface area contributed by atoms with Crippen LogP contribution in [0.25, 0.3) is 60.4 Å². The summed E-state index contributed by atoms with van der Waals surface area (Å²) in [5.41, 5.74) is 9.73. The SMILES string of the molecule is CC.CC.CC1(C)c2ccccc2-c2cc3c4ccccc4n(-c4ccccc4)c3cc21.O=c1oc2ccccc2c2ccccc12. The highest BCUT2D eigenvalue weighted by Gasteiger charge is 2.36. The Kier molecular flexibility index (Phi) is 8.82. The molecule has 47 heavy (non-hydrogen) atoms. The summed E-state index contributed by atoms with van der Waals surface area (Å²) in [5, 5.41) is 5.20. The Bertz CT molecular complexity index is 2390. The van der Waals surface area contributed by atoms with Gasteiger partial charge in [0, 0.05) is 27.3 Å². The smallest absolute Gasteiger partial charge is 0.344 e. The molecule has 8 aromatic rings. The lowest BCUT2D eigenvalue weighted by atomic mass is 9.82. The zero-order chi connectivity index (χ0) is 33.1. The van der Waals surface area contributed by atoms with Crippen LogP contribution in [0.15, 0.2) is 149 Å². The van der Waals surface area contributed by atoms with Crippen molar-refractivity contribution in [1.82, 2.24) is 4.57 Å². The Labute approximate surface area is 276 Å². The van der Waals surface area contributed by atoms with E-state index in [1.807, 2.05) is 70.2 Å². The predicted molar refractivity (Wildman–Crippen MR) is 201 cm³/mol. The third-order valence-electron chi connectivity index (χ3n) is 8.92. The van der Waals surface area contributed by atoms with Gasteiger partial charge >= 0.3 is 5.63 Å². The van der Waals surface area contributed by atoms with Gasteiger partial charge in [0.1, 0.15) is 5.58 Å². The average Bonchev–Trinajstić information content (AvgIpc) is 3.58. The topological polar surface area (TPSA) is 35.1 Å². The Morgan fingerprint density at radius 3 is 1.81 bits per heavy atom. The number of nitrogens with zero attached hydrogens (tertiary/aromatic N) is 1. The lowest BCUT2D eigenvalue weighted by molar-refractivity contribution is 0.569. The molecule has 0 saturated carbocycles. The van der Waals surface area contributed by atoms with E-state index in [2.05, 4.69) is 109 Å². The third kappa shape index (κ3) is 5.32. The fraction of sp³-hybridized carbons (Fsp3) is 0.159. The number of aromatic nitrogens is 1. The molecule has 234 valence electrons. The van der Waals surface area contributed by atoms with Gasteiger partial charge in [-0.25, -0.2) is 4.79 Å². The molecule has 3 heteroatoms. The van der Waals surface area contributed by atoms with E-state index in [-0.39, 0.29) is 11.0 Å². The van der Waals surface area contributed by atoms with E-state index in [9.17, 15) is 4.79 Å². The average molecular weight is 616 g/mol. The van der Waals surface area contributed by atoms with Crippen molar-refractivity contribution in [2.45, 2.75) is 47.0 Å². The normalized spacial score (nSPS) is 12.3. The van der Waals surface area contributed by atoms with Crippen LogP contribution in [0.1, 0.15) is 52.7 Å². The van der Waals surface area contributed by atoms with Gasteiger partial charge in [0.15, 0.2) is 0 Å². The van der Waals surface area contributed by atoms with Crippen molar-refractivity contribution in [1.29, 1.82) is 0 Å². The molecule has 2 aromatic heterocycles. The maximum absolute atomic E-state index is 11.6. The van der Waals surface area contributed by atoms with Gasteiger partial charge in [-0.05, 0) is 70.1 Å². The van der Waals surface area contributed by atoms with E-state index in [1.165, 1.54) is 49.7 Å². The lowest BCUT2D eigenvalue weighted by Gasteiger charge is -2.21. The van der Waals surface area contributed by atoms with Gasteiger partial charge in [0.2, 0.25) is 0 Å². The molecule has 1 aliphatic carbocycles. The van der Waals surface area contributed by atoms with Crippen LogP contribution in [0.3, 0.4) is 0 Å². The Morgan fingerprint density at radius 1 is 0.489 bits per heavy atom. The quantitative estimate of drug-likeness (QED) is 0.136. The monoisotopic (exact) mass is 615 g/mol. The maximum Gasteiger partial charge on any atom is 0.344 e. The summed E-state index contributed by atoms with van der Waals surface area (Å²) < 4.78 is 7.63. The zero-order valence-electron chi connectivity index (χ0n) is 28.0. The van der Waals surface area contributed by atoms with Crippen molar-refractivity contribution in [2.24, 2.45) is 0 Å². The van der Waals surface area contributed by atoms with Gasteiger partial charge in [0.25, 0.3) is 0 Å². The van der Waals surface area contributed by atoms with E-state index >= 15 is 0 Å². The summed E-state index contributed by atoms with van der Waals surface area (Å²) in [6.07, 6.45) is 0. The van der Waals surface area contributed by atoms with Crippen LogP contribution in [-0.2, 0) is 5.41 Å². The number of para-hydroxylation sites is 3. The molecule has 2 heterocycles. The van der Waals surface area contributed by atoms with Gasteiger partial charge in [-0.1, -0.05) is 139 Å². The summed E-state index contributed by atoms with van der Waals surface area (Å²) >= 11 is 0. The zero-order valence-corrected chi connectivity index (χ0v) is 28.0. The fourth-order valence-electron chi connectivity index (χ4n) is 6.85. The molecule has 0 bridgehead atoms. The molecule has 0 amide bonds. The molecule has 0 radical (unpaired) electrons. The second kappa shape index (κ2) is 13.1. The molecule has 0 N–H and O–H groups in total. The number of hydrogen-bond donors (Lipinski definition) is 0. The standard InChI is InChI=1S/C27H21N.C13H8O2.2C2H6/c1-27(2)23-14-8-6-12-19(23)21-16-22-20-13-7-9-15-25(20)28(26(22)17-24(21)27)18-10-4-3-5-11-18;14-13-11-7-2-1-5-9(11)10-6-3-4-8-12(10)15-13;2*1-2/h3-17H,1-2H3;1-8H;2*1-2H3. The predicted octanol–water partition coefficient (Wildman–Crippen LogP) is 12.1. The van der Waals surface area contributed by atoms with E-state index < -0.39 is 0 Å². The van der Waals surface area contributed by atoms with Crippen molar-refractivity contribution in [3.8, 4) is 16.8 Å². The fourth-order valence-corrected chi connectivity index (χ4v) is 6.85. The molecular formula is C44H41NO2. The van der Waals surface area contributed by atoms with Crippen molar-refractivity contribution in [2.75, 3.05) is 0 Å². The van der Waals surface area contributed by atoms with Crippen LogP contribution < -0.4 is 5.63 Å². The third-order valence-corrected chi connectivity index (χ3v) is 8.92. The molecular weight excluding hydrogens is 574 g/mol. The van der Waals surface area contributed by atoms with Crippen LogP contribution in [0, 0.1) is 0 Å². The second-order valence-electron chi connectivity index (χ2n) is 11.7. The van der Waals surface area contributed by atoms with E-state index in [1.54, 1.807) is 6.07 Å².